The first-order chi connectivity index (χ1) is 14.1. The normalized spacial score (nSPS) is 32.9. The van der Waals surface area contributed by atoms with Crippen LogP contribution < -0.4 is 11.1 Å². The van der Waals surface area contributed by atoms with E-state index in [1.165, 1.54) is 25.6 Å². The minimum absolute atomic E-state index is 0.192. The molecule has 0 saturated carbocycles. The molecule has 0 bridgehead atoms. The van der Waals surface area contributed by atoms with E-state index in [0.717, 1.165) is 32.5 Å². The zero-order valence-electron chi connectivity index (χ0n) is 16.6. The summed E-state index contributed by atoms with van der Waals surface area (Å²) in [4.78, 5) is 10.8. The van der Waals surface area contributed by atoms with Crippen molar-refractivity contribution >= 4 is 16.9 Å². The molecular formula is C20H30N6O3. The molecule has 2 aromatic rings. The van der Waals surface area contributed by atoms with E-state index in [1.807, 2.05) is 6.07 Å². The first-order valence-electron chi connectivity index (χ1n) is 10.6. The van der Waals surface area contributed by atoms with Crippen molar-refractivity contribution in [2.45, 2.75) is 62.2 Å². The summed E-state index contributed by atoms with van der Waals surface area (Å²) in [6.07, 6.45) is 5.94. The minimum atomic E-state index is -1.03. The van der Waals surface area contributed by atoms with Gasteiger partial charge in [-0.15, -0.1) is 0 Å². The monoisotopic (exact) mass is 402 g/mol. The van der Waals surface area contributed by atoms with Crippen LogP contribution in [0.1, 0.15) is 38.3 Å². The maximum atomic E-state index is 10.8. The molecule has 0 unspecified atom stereocenters. The van der Waals surface area contributed by atoms with Crippen molar-refractivity contribution in [3.05, 3.63) is 18.6 Å². The van der Waals surface area contributed by atoms with Crippen LogP contribution in [-0.4, -0.2) is 79.7 Å². The fourth-order valence-electron chi connectivity index (χ4n) is 5.42. The zero-order chi connectivity index (χ0) is 20.0. The van der Waals surface area contributed by atoms with Crippen LogP contribution in [0.5, 0.6) is 0 Å². The maximum Gasteiger partial charge on any atom is 0.164 e. The van der Waals surface area contributed by atoms with Crippen molar-refractivity contribution in [1.29, 1.82) is 0 Å². The Morgan fingerprint density at radius 1 is 1.17 bits per heavy atom. The summed E-state index contributed by atoms with van der Waals surface area (Å²) in [7, 11) is 0. The van der Waals surface area contributed by atoms with E-state index in [0.29, 0.717) is 23.4 Å². The van der Waals surface area contributed by atoms with Gasteiger partial charge in [-0.25, -0.2) is 9.97 Å². The number of hydrogen-bond acceptors (Lipinski definition) is 8. The number of rotatable bonds is 3. The Morgan fingerprint density at radius 3 is 2.83 bits per heavy atom. The summed E-state index contributed by atoms with van der Waals surface area (Å²) < 4.78 is 7.97. The smallest absolute Gasteiger partial charge is 0.164 e. The van der Waals surface area contributed by atoms with Gasteiger partial charge in [-0.2, -0.15) is 0 Å². The van der Waals surface area contributed by atoms with Gasteiger partial charge in [0.25, 0.3) is 0 Å². The van der Waals surface area contributed by atoms with Gasteiger partial charge in [0.1, 0.15) is 36.1 Å². The average molecular weight is 402 g/mol. The second-order valence-electron chi connectivity index (χ2n) is 8.64. The number of likely N-dealkylation sites (tertiary alicyclic amines) is 1. The van der Waals surface area contributed by atoms with Crippen LogP contribution in [0.25, 0.3) is 11.0 Å². The molecule has 29 heavy (non-hydrogen) atoms. The lowest BCUT2D eigenvalue weighted by Gasteiger charge is -2.50. The van der Waals surface area contributed by atoms with Crippen molar-refractivity contribution in [3.8, 4) is 0 Å². The molecule has 3 aliphatic rings. The van der Waals surface area contributed by atoms with Gasteiger partial charge in [0.15, 0.2) is 6.23 Å². The molecule has 5 heterocycles. The fourth-order valence-corrected chi connectivity index (χ4v) is 5.42. The third-order valence-electron chi connectivity index (χ3n) is 7.08. The zero-order valence-corrected chi connectivity index (χ0v) is 16.6. The molecule has 9 nitrogen and oxygen atoms in total. The molecule has 5 rings (SSSR count). The summed E-state index contributed by atoms with van der Waals surface area (Å²) in [5.74, 6) is 0.388. The lowest BCUT2D eigenvalue weighted by atomic mass is 9.79. The van der Waals surface area contributed by atoms with E-state index in [9.17, 15) is 10.2 Å². The van der Waals surface area contributed by atoms with Crippen molar-refractivity contribution < 1.29 is 14.9 Å². The van der Waals surface area contributed by atoms with Crippen molar-refractivity contribution in [2.75, 3.05) is 31.9 Å². The highest BCUT2D eigenvalue weighted by molar-refractivity contribution is 5.86. The number of aromatic nitrogens is 3. The number of ether oxygens (including phenoxy) is 1. The standard InChI is InChI=1S/C20H30N6O3/c21-17-13-3-10-26(18(13)24-12-23-17)19-16(28)15(27)14(29-19)11-25-9-2-1-4-20(25)5-7-22-8-6-20/h3,10,12,14-16,19,22,27-28H,1-2,4-9,11H2,(H2,21,23,24)/t14-,15-,16-,19-/m1/s1. The summed E-state index contributed by atoms with van der Waals surface area (Å²) in [6, 6.07) is 1.81. The van der Waals surface area contributed by atoms with Crippen LogP contribution in [-0.2, 0) is 4.74 Å². The number of nitrogens with one attached hydrogen (secondary N) is 1. The highest BCUT2D eigenvalue weighted by Crippen LogP contribution is 2.38. The number of aliphatic hydroxyl groups excluding tert-OH is 2. The van der Waals surface area contributed by atoms with E-state index in [2.05, 4.69) is 20.2 Å². The molecule has 0 aromatic carbocycles. The highest BCUT2D eigenvalue weighted by Gasteiger charge is 2.47. The number of nitrogen functional groups attached to an aromatic ring is 1. The first-order valence-corrected chi connectivity index (χ1v) is 10.6. The average Bonchev–Trinajstić information content (AvgIpc) is 3.28. The van der Waals surface area contributed by atoms with E-state index in [4.69, 9.17) is 10.5 Å². The SMILES string of the molecule is Nc1ncnc2c1ccn2[C@@H]1O[C@H](CN2CCCCC23CCNCC3)[C@@H](O)[C@H]1O. The highest BCUT2D eigenvalue weighted by atomic mass is 16.6. The number of aliphatic hydroxyl groups is 2. The summed E-state index contributed by atoms with van der Waals surface area (Å²) in [5, 5.41) is 25.7. The third kappa shape index (κ3) is 3.21. The van der Waals surface area contributed by atoms with Gasteiger partial charge in [-0.3, -0.25) is 4.90 Å². The number of fused-ring (bicyclic) bond motifs is 1. The molecule has 3 fully saturated rings. The quantitative estimate of drug-likeness (QED) is 0.576. The molecule has 3 saturated heterocycles. The lowest BCUT2D eigenvalue weighted by Crippen LogP contribution is -2.59. The second kappa shape index (κ2) is 7.48. The molecule has 4 atom stereocenters. The van der Waals surface area contributed by atoms with Crippen LogP contribution in [0.2, 0.25) is 0 Å². The molecule has 3 aliphatic heterocycles. The lowest BCUT2D eigenvalue weighted by molar-refractivity contribution is -0.0703. The predicted molar refractivity (Wildman–Crippen MR) is 108 cm³/mol. The molecule has 0 aliphatic carbocycles. The fraction of sp³-hybridized carbons (Fsp3) is 0.700. The Hall–Kier alpha value is -1.78. The molecular weight excluding hydrogens is 372 g/mol. The predicted octanol–water partition coefficient (Wildman–Crippen LogP) is 0.241. The first kappa shape index (κ1) is 19.2. The molecule has 158 valence electrons. The van der Waals surface area contributed by atoms with Crippen LogP contribution in [0.15, 0.2) is 18.6 Å². The molecule has 1 spiro atoms. The molecule has 0 amide bonds. The Morgan fingerprint density at radius 2 is 2.00 bits per heavy atom. The van der Waals surface area contributed by atoms with E-state index < -0.39 is 24.5 Å². The Labute approximate surface area is 169 Å². The van der Waals surface area contributed by atoms with Gasteiger partial charge in [0.2, 0.25) is 0 Å². The van der Waals surface area contributed by atoms with Crippen molar-refractivity contribution in [3.63, 3.8) is 0 Å². The summed E-state index contributed by atoms with van der Waals surface area (Å²) in [5.41, 5.74) is 6.72. The third-order valence-corrected chi connectivity index (χ3v) is 7.08. The number of nitrogens with zero attached hydrogens (tertiary/aromatic N) is 4. The Kier molecular flexibility index (Phi) is 4.95. The summed E-state index contributed by atoms with van der Waals surface area (Å²) >= 11 is 0. The Balaban J connectivity index is 1.37. The Bertz CT molecular complexity index is 859. The number of hydrogen-bond donors (Lipinski definition) is 4. The largest absolute Gasteiger partial charge is 0.387 e. The number of piperidine rings is 2. The van der Waals surface area contributed by atoms with Crippen LogP contribution in [0.4, 0.5) is 5.82 Å². The maximum absolute atomic E-state index is 10.8. The van der Waals surface area contributed by atoms with Gasteiger partial charge in [0, 0.05) is 18.3 Å². The van der Waals surface area contributed by atoms with Gasteiger partial charge >= 0.3 is 0 Å². The molecule has 5 N–H and O–H groups in total. The van der Waals surface area contributed by atoms with E-state index in [-0.39, 0.29) is 5.54 Å². The van der Waals surface area contributed by atoms with Crippen LogP contribution >= 0.6 is 0 Å². The number of nitrogens with two attached hydrogens (primary N) is 1. The van der Waals surface area contributed by atoms with Crippen molar-refractivity contribution in [2.24, 2.45) is 0 Å². The summed E-state index contributed by atoms with van der Waals surface area (Å²) in [6.45, 7) is 3.72. The second-order valence-corrected chi connectivity index (χ2v) is 8.64. The minimum Gasteiger partial charge on any atom is -0.387 e. The van der Waals surface area contributed by atoms with Gasteiger partial charge in [-0.1, -0.05) is 6.42 Å². The molecule has 2 aromatic heterocycles. The topological polar surface area (TPSA) is 122 Å². The molecule has 0 radical (unpaired) electrons. The van der Waals surface area contributed by atoms with E-state index in [1.54, 1.807) is 10.8 Å². The van der Waals surface area contributed by atoms with Crippen molar-refractivity contribution in [1.82, 2.24) is 24.8 Å². The molecule has 9 heteroatoms. The van der Waals surface area contributed by atoms with Gasteiger partial charge in [0.05, 0.1) is 5.39 Å². The van der Waals surface area contributed by atoms with Crippen LogP contribution in [0.3, 0.4) is 0 Å². The van der Waals surface area contributed by atoms with Crippen LogP contribution in [0, 0.1) is 0 Å². The van der Waals surface area contributed by atoms with Gasteiger partial charge in [-0.05, 0) is 51.4 Å². The number of anilines is 1. The van der Waals surface area contributed by atoms with E-state index >= 15 is 0 Å². The van der Waals surface area contributed by atoms with Gasteiger partial charge < -0.3 is 30.6 Å².